The standard InChI is InChI=1S/C17H32N4OS/c1-18-17(21-13-15-8-5-11-23-15)20-10-9-19-16(22)12-14-6-3-2-4-7-14/h14-15H,2-13H2,1H3,(H,19,22)(H2,18,20,21). The zero-order valence-corrected chi connectivity index (χ0v) is 15.2. The quantitative estimate of drug-likeness (QED) is 0.377. The molecule has 1 saturated carbocycles. The third kappa shape index (κ3) is 7.46. The largest absolute Gasteiger partial charge is 0.355 e. The maximum atomic E-state index is 11.9. The van der Waals surface area contributed by atoms with Crippen LogP contribution in [0.2, 0.25) is 0 Å². The smallest absolute Gasteiger partial charge is 0.220 e. The zero-order valence-electron chi connectivity index (χ0n) is 14.4. The van der Waals surface area contributed by atoms with Gasteiger partial charge in [-0.2, -0.15) is 11.8 Å². The summed E-state index contributed by atoms with van der Waals surface area (Å²) in [5.74, 6) is 2.92. The van der Waals surface area contributed by atoms with Crippen molar-refractivity contribution in [3.8, 4) is 0 Å². The van der Waals surface area contributed by atoms with Crippen LogP contribution in [0.25, 0.3) is 0 Å². The molecule has 0 aromatic carbocycles. The third-order valence-corrected chi connectivity index (χ3v) is 6.08. The highest BCUT2D eigenvalue weighted by molar-refractivity contribution is 8.00. The molecule has 2 fully saturated rings. The van der Waals surface area contributed by atoms with Crippen LogP contribution < -0.4 is 16.0 Å². The van der Waals surface area contributed by atoms with Gasteiger partial charge in [-0.1, -0.05) is 19.3 Å². The molecule has 0 spiro atoms. The molecule has 2 rings (SSSR count). The van der Waals surface area contributed by atoms with E-state index in [9.17, 15) is 4.79 Å². The Morgan fingerprint density at radius 1 is 1.04 bits per heavy atom. The van der Waals surface area contributed by atoms with Gasteiger partial charge in [-0.3, -0.25) is 9.79 Å². The Kier molecular flexibility index (Phi) is 8.64. The van der Waals surface area contributed by atoms with Crippen molar-refractivity contribution in [3.05, 3.63) is 0 Å². The minimum atomic E-state index is 0.198. The Labute approximate surface area is 144 Å². The van der Waals surface area contributed by atoms with Crippen molar-refractivity contribution in [2.75, 3.05) is 32.4 Å². The molecule has 1 aliphatic carbocycles. The average molecular weight is 341 g/mol. The second-order valence-corrected chi connectivity index (χ2v) is 7.98. The number of aliphatic imine (C=N–C) groups is 1. The minimum Gasteiger partial charge on any atom is -0.355 e. The van der Waals surface area contributed by atoms with Gasteiger partial charge in [0.25, 0.3) is 0 Å². The SMILES string of the molecule is CN=C(NCCNC(=O)CC1CCCCC1)NCC1CCCS1. The molecule has 1 amide bonds. The van der Waals surface area contributed by atoms with Gasteiger partial charge in [-0.25, -0.2) is 0 Å². The van der Waals surface area contributed by atoms with E-state index in [2.05, 4.69) is 20.9 Å². The number of carbonyl (C=O) groups excluding carboxylic acids is 1. The molecule has 0 bridgehead atoms. The van der Waals surface area contributed by atoms with Crippen molar-refractivity contribution in [2.24, 2.45) is 10.9 Å². The molecule has 0 aromatic heterocycles. The highest BCUT2D eigenvalue weighted by Gasteiger charge is 2.17. The average Bonchev–Trinajstić information content (AvgIpc) is 3.08. The molecule has 0 radical (unpaired) electrons. The molecule has 3 N–H and O–H groups in total. The van der Waals surface area contributed by atoms with Crippen LogP contribution in [-0.2, 0) is 4.79 Å². The summed E-state index contributed by atoms with van der Waals surface area (Å²) >= 11 is 2.04. The van der Waals surface area contributed by atoms with Crippen LogP contribution in [-0.4, -0.2) is 49.6 Å². The molecule has 5 nitrogen and oxygen atoms in total. The topological polar surface area (TPSA) is 65.5 Å². The van der Waals surface area contributed by atoms with Crippen LogP contribution in [0.15, 0.2) is 4.99 Å². The highest BCUT2D eigenvalue weighted by Crippen LogP contribution is 2.26. The first-order valence-corrected chi connectivity index (χ1v) is 10.2. The Balaban J connectivity index is 1.51. The van der Waals surface area contributed by atoms with Crippen LogP contribution in [0.1, 0.15) is 51.4 Å². The lowest BCUT2D eigenvalue weighted by atomic mass is 9.87. The second kappa shape index (κ2) is 10.8. The van der Waals surface area contributed by atoms with E-state index in [1.807, 2.05) is 11.8 Å². The predicted octanol–water partition coefficient (Wildman–Crippen LogP) is 2.13. The van der Waals surface area contributed by atoms with Crippen molar-refractivity contribution in [3.63, 3.8) is 0 Å². The fourth-order valence-electron chi connectivity index (χ4n) is 3.34. The zero-order chi connectivity index (χ0) is 16.3. The number of carbonyl (C=O) groups is 1. The van der Waals surface area contributed by atoms with Crippen LogP contribution in [0.4, 0.5) is 0 Å². The van der Waals surface area contributed by atoms with Crippen LogP contribution in [0, 0.1) is 5.92 Å². The normalized spacial score (nSPS) is 22.8. The Hall–Kier alpha value is -0.910. The number of guanidine groups is 1. The summed E-state index contributed by atoms with van der Waals surface area (Å²) in [5, 5.41) is 10.4. The summed E-state index contributed by atoms with van der Waals surface area (Å²) in [5.41, 5.74) is 0. The van der Waals surface area contributed by atoms with E-state index in [1.54, 1.807) is 7.05 Å². The van der Waals surface area contributed by atoms with E-state index in [0.29, 0.717) is 30.7 Å². The molecule has 1 atom stereocenters. The Bertz CT molecular complexity index is 377. The maximum absolute atomic E-state index is 11.9. The van der Waals surface area contributed by atoms with Crippen molar-refractivity contribution < 1.29 is 4.79 Å². The van der Waals surface area contributed by atoms with Gasteiger partial charge >= 0.3 is 0 Å². The number of hydrogen-bond acceptors (Lipinski definition) is 3. The van der Waals surface area contributed by atoms with Crippen molar-refractivity contribution in [1.29, 1.82) is 0 Å². The van der Waals surface area contributed by atoms with Gasteiger partial charge in [0.15, 0.2) is 5.96 Å². The molecular formula is C17H32N4OS. The molecular weight excluding hydrogens is 308 g/mol. The number of nitrogens with one attached hydrogen (secondary N) is 3. The van der Waals surface area contributed by atoms with E-state index < -0.39 is 0 Å². The number of hydrogen-bond donors (Lipinski definition) is 3. The molecule has 2 aliphatic rings. The summed E-state index contributed by atoms with van der Waals surface area (Å²) in [4.78, 5) is 16.2. The second-order valence-electron chi connectivity index (χ2n) is 6.57. The number of thioether (sulfide) groups is 1. The maximum Gasteiger partial charge on any atom is 0.220 e. The van der Waals surface area contributed by atoms with Gasteiger partial charge in [0.2, 0.25) is 5.91 Å². The first kappa shape index (κ1) is 18.4. The molecule has 1 unspecified atom stereocenters. The molecule has 1 saturated heterocycles. The summed E-state index contributed by atoms with van der Waals surface area (Å²) < 4.78 is 0. The third-order valence-electron chi connectivity index (χ3n) is 4.68. The van der Waals surface area contributed by atoms with Gasteiger partial charge in [-0.15, -0.1) is 0 Å². The van der Waals surface area contributed by atoms with Gasteiger partial charge in [0.1, 0.15) is 0 Å². The lowest BCUT2D eigenvalue weighted by Gasteiger charge is -2.21. The highest BCUT2D eigenvalue weighted by atomic mass is 32.2. The lowest BCUT2D eigenvalue weighted by molar-refractivity contribution is -0.122. The van der Waals surface area contributed by atoms with Crippen molar-refractivity contribution in [1.82, 2.24) is 16.0 Å². The number of rotatable bonds is 7. The van der Waals surface area contributed by atoms with E-state index in [4.69, 9.17) is 0 Å². The van der Waals surface area contributed by atoms with Crippen LogP contribution in [0.3, 0.4) is 0 Å². The van der Waals surface area contributed by atoms with Gasteiger partial charge in [0, 0.05) is 38.4 Å². The first-order valence-electron chi connectivity index (χ1n) is 9.10. The molecule has 1 heterocycles. The van der Waals surface area contributed by atoms with Gasteiger partial charge in [-0.05, 0) is 37.4 Å². The summed E-state index contributed by atoms with van der Waals surface area (Å²) in [6.45, 7) is 2.34. The summed E-state index contributed by atoms with van der Waals surface area (Å²) in [6.07, 6.45) is 9.70. The fourth-order valence-corrected chi connectivity index (χ4v) is 4.55. The monoisotopic (exact) mass is 340 g/mol. The van der Waals surface area contributed by atoms with E-state index >= 15 is 0 Å². The van der Waals surface area contributed by atoms with E-state index in [-0.39, 0.29) is 5.91 Å². The minimum absolute atomic E-state index is 0.198. The molecule has 132 valence electrons. The fraction of sp³-hybridized carbons (Fsp3) is 0.882. The molecule has 1 aliphatic heterocycles. The van der Waals surface area contributed by atoms with Crippen molar-refractivity contribution >= 4 is 23.6 Å². The van der Waals surface area contributed by atoms with Crippen LogP contribution in [0.5, 0.6) is 0 Å². The van der Waals surface area contributed by atoms with Gasteiger partial charge < -0.3 is 16.0 Å². The first-order chi connectivity index (χ1) is 11.3. The summed E-state index contributed by atoms with van der Waals surface area (Å²) in [7, 11) is 1.79. The summed E-state index contributed by atoms with van der Waals surface area (Å²) in [6, 6.07) is 0. The van der Waals surface area contributed by atoms with E-state index in [0.717, 1.165) is 12.5 Å². The van der Waals surface area contributed by atoms with E-state index in [1.165, 1.54) is 50.7 Å². The van der Waals surface area contributed by atoms with Crippen molar-refractivity contribution in [2.45, 2.75) is 56.6 Å². The Morgan fingerprint density at radius 3 is 2.52 bits per heavy atom. The number of amides is 1. The number of nitrogens with zero attached hydrogens (tertiary/aromatic N) is 1. The van der Waals surface area contributed by atoms with Crippen LogP contribution >= 0.6 is 11.8 Å². The predicted molar refractivity (Wildman–Crippen MR) is 99.0 cm³/mol. The molecule has 0 aromatic rings. The Morgan fingerprint density at radius 2 is 1.83 bits per heavy atom. The lowest BCUT2D eigenvalue weighted by Crippen LogP contribution is -2.43. The van der Waals surface area contributed by atoms with Gasteiger partial charge in [0.05, 0.1) is 0 Å². The molecule has 6 heteroatoms. The molecule has 23 heavy (non-hydrogen) atoms.